The SMILES string of the molecule is CCN(CCOC)c1cc(Cl)ccc1/C=C/C(=O)O. The molecule has 0 fully saturated rings. The van der Waals surface area contributed by atoms with Crippen molar-refractivity contribution in [2.45, 2.75) is 6.92 Å². The van der Waals surface area contributed by atoms with Crippen molar-refractivity contribution in [3.8, 4) is 0 Å². The van der Waals surface area contributed by atoms with Gasteiger partial charge in [0.15, 0.2) is 0 Å². The number of carboxylic acid groups (broad SMARTS) is 1. The summed E-state index contributed by atoms with van der Waals surface area (Å²) in [6.07, 6.45) is 2.69. The predicted octanol–water partition coefficient (Wildman–Crippen LogP) is 2.91. The fraction of sp³-hybridized carbons (Fsp3) is 0.357. The molecule has 1 aromatic rings. The Kier molecular flexibility index (Phi) is 6.39. The molecular weight excluding hydrogens is 266 g/mol. The number of hydrogen-bond acceptors (Lipinski definition) is 3. The number of methoxy groups -OCH3 is 1. The van der Waals surface area contributed by atoms with Gasteiger partial charge in [-0.2, -0.15) is 0 Å². The number of likely N-dealkylation sites (N-methyl/N-ethyl adjacent to an activating group) is 1. The molecule has 0 heterocycles. The minimum atomic E-state index is -0.971. The van der Waals surface area contributed by atoms with Gasteiger partial charge >= 0.3 is 5.97 Å². The van der Waals surface area contributed by atoms with Gasteiger partial charge in [0.25, 0.3) is 0 Å². The van der Waals surface area contributed by atoms with Crippen LogP contribution in [-0.2, 0) is 9.53 Å². The number of ether oxygens (including phenoxy) is 1. The molecule has 0 aliphatic rings. The summed E-state index contributed by atoms with van der Waals surface area (Å²) < 4.78 is 5.08. The Balaban J connectivity index is 3.07. The van der Waals surface area contributed by atoms with Crippen molar-refractivity contribution >= 4 is 29.3 Å². The van der Waals surface area contributed by atoms with E-state index in [9.17, 15) is 4.79 Å². The minimum Gasteiger partial charge on any atom is -0.478 e. The number of anilines is 1. The zero-order valence-corrected chi connectivity index (χ0v) is 11.9. The minimum absolute atomic E-state index is 0.600. The molecule has 0 spiro atoms. The van der Waals surface area contributed by atoms with Crippen LogP contribution in [0.25, 0.3) is 6.08 Å². The topological polar surface area (TPSA) is 49.8 Å². The van der Waals surface area contributed by atoms with Crippen molar-refractivity contribution in [3.05, 3.63) is 34.9 Å². The molecule has 0 aliphatic carbocycles. The molecule has 0 atom stereocenters. The Hall–Kier alpha value is -1.52. The average molecular weight is 284 g/mol. The molecule has 0 radical (unpaired) electrons. The van der Waals surface area contributed by atoms with Crippen LogP contribution in [-0.4, -0.2) is 37.9 Å². The van der Waals surface area contributed by atoms with Crippen molar-refractivity contribution in [1.82, 2.24) is 0 Å². The molecule has 4 nitrogen and oxygen atoms in total. The Bertz CT molecular complexity index is 460. The summed E-state index contributed by atoms with van der Waals surface area (Å²) in [5, 5.41) is 9.33. The van der Waals surface area contributed by atoms with Crippen molar-refractivity contribution in [1.29, 1.82) is 0 Å². The van der Waals surface area contributed by atoms with Gasteiger partial charge in [0.2, 0.25) is 0 Å². The Morgan fingerprint density at radius 2 is 2.26 bits per heavy atom. The van der Waals surface area contributed by atoms with Crippen molar-refractivity contribution in [2.75, 3.05) is 31.7 Å². The van der Waals surface area contributed by atoms with Crippen LogP contribution in [0.3, 0.4) is 0 Å². The number of halogens is 1. The van der Waals surface area contributed by atoms with Gasteiger partial charge in [0.1, 0.15) is 0 Å². The van der Waals surface area contributed by atoms with E-state index in [1.165, 1.54) is 0 Å². The van der Waals surface area contributed by atoms with Gasteiger partial charge in [0, 0.05) is 37.0 Å². The Morgan fingerprint density at radius 3 is 2.84 bits per heavy atom. The van der Waals surface area contributed by atoms with Crippen LogP contribution in [0.4, 0.5) is 5.69 Å². The fourth-order valence-electron chi connectivity index (χ4n) is 1.74. The number of carbonyl (C=O) groups is 1. The van der Waals surface area contributed by atoms with E-state index >= 15 is 0 Å². The van der Waals surface area contributed by atoms with Crippen molar-refractivity contribution in [3.63, 3.8) is 0 Å². The van der Waals surface area contributed by atoms with E-state index in [0.29, 0.717) is 11.6 Å². The lowest BCUT2D eigenvalue weighted by molar-refractivity contribution is -0.131. The molecular formula is C14H18ClNO3. The summed E-state index contributed by atoms with van der Waals surface area (Å²) in [7, 11) is 1.65. The van der Waals surface area contributed by atoms with Crippen LogP contribution in [0.15, 0.2) is 24.3 Å². The first-order valence-corrected chi connectivity index (χ1v) is 6.40. The lowest BCUT2D eigenvalue weighted by atomic mass is 10.1. The van der Waals surface area contributed by atoms with E-state index in [4.69, 9.17) is 21.4 Å². The molecule has 104 valence electrons. The third-order valence-corrected chi connectivity index (χ3v) is 2.92. The number of benzene rings is 1. The monoisotopic (exact) mass is 283 g/mol. The van der Waals surface area contributed by atoms with Crippen LogP contribution in [0.2, 0.25) is 5.02 Å². The van der Waals surface area contributed by atoms with E-state index in [-0.39, 0.29) is 0 Å². The quantitative estimate of drug-likeness (QED) is 0.782. The highest BCUT2D eigenvalue weighted by atomic mass is 35.5. The molecule has 1 rings (SSSR count). The smallest absolute Gasteiger partial charge is 0.328 e. The Labute approximate surface area is 118 Å². The van der Waals surface area contributed by atoms with Gasteiger partial charge in [-0.25, -0.2) is 4.79 Å². The first-order valence-electron chi connectivity index (χ1n) is 6.03. The number of carboxylic acids is 1. The molecule has 0 aromatic heterocycles. The number of nitrogens with zero attached hydrogens (tertiary/aromatic N) is 1. The highest BCUT2D eigenvalue weighted by molar-refractivity contribution is 6.31. The first kappa shape index (κ1) is 15.5. The van der Waals surface area contributed by atoms with E-state index in [1.807, 2.05) is 19.1 Å². The maximum absolute atomic E-state index is 10.6. The molecule has 1 aromatic carbocycles. The molecule has 0 amide bonds. The zero-order valence-electron chi connectivity index (χ0n) is 11.1. The molecule has 0 unspecified atom stereocenters. The Morgan fingerprint density at radius 1 is 1.53 bits per heavy atom. The number of hydrogen-bond donors (Lipinski definition) is 1. The van der Waals surface area contributed by atoms with Crippen LogP contribution in [0.5, 0.6) is 0 Å². The summed E-state index contributed by atoms with van der Waals surface area (Å²) in [5.41, 5.74) is 1.73. The zero-order chi connectivity index (χ0) is 14.3. The standard InChI is InChI=1S/C14H18ClNO3/c1-3-16(8-9-19-2)13-10-12(15)6-4-11(13)5-7-14(17)18/h4-7,10H,3,8-9H2,1-2H3,(H,17,18)/b7-5+. The van der Waals surface area contributed by atoms with E-state index in [1.54, 1.807) is 19.3 Å². The van der Waals surface area contributed by atoms with Crippen LogP contribution < -0.4 is 4.90 Å². The van der Waals surface area contributed by atoms with Gasteiger partial charge in [-0.15, -0.1) is 0 Å². The van der Waals surface area contributed by atoms with Gasteiger partial charge in [-0.3, -0.25) is 0 Å². The highest BCUT2D eigenvalue weighted by Crippen LogP contribution is 2.26. The summed E-state index contributed by atoms with van der Waals surface area (Å²) >= 11 is 6.02. The predicted molar refractivity (Wildman–Crippen MR) is 77.9 cm³/mol. The van der Waals surface area contributed by atoms with E-state index < -0.39 is 5.97 Å². The molecule has 19 heavy (non-hydrogen) atoms. The second kappa shape index (κ2) is 7.81. The summed E-state index contributed by atoms with van der Waals surface area (Å²) in [6.45, 7) is 4.14. The van der Waals surface area contributed by atoms with E-state index in [0.717, 1.165) is 30.4 Å². The van der Waals surface area contributed by atoms with Gasteiger partial charge in [0.05, 0.1) is 6.61 Å². The second-order valence-electron chi connectivity index (χ2n) is 3.95. The average Bonchev–Trinajstić information content (AvgIpc) is 2.38. The van der Waals surface area contributed by atoms with Crippen molar-refractivity contribution < 1.29 is 14.6 Å². The molecule has 0 bridgehead atoms. The second-order valence-corrected chi connectivity index (χ2v) is 4.38. The summed E-state index contributed by atoms with van der Waals surface area (Å²) in [4.78, 5) is 12.7. The van der Waals surface area contributed by atoms with Gasteiger partial charge in [-0.1, -0.05) is 17.7 Å². The number of aliphatic carboxylic acids is 1. The number of rotatable bonds is 7. The molecule has 0 saturated heterocycles. The lowest BCUT2D eigenvalue weighted by Crippen LogP contribution is -2.27. The molecule has 5 heteroatoms. The van der Waals surface area contributed by atoms with Crippen LogP contribution >= 0.6 is 11.6 Å². The largest absolute Gasteiger partial charge is 0.478 e. The lowest BCUT2D eigenvalue weighted by Gasteiger charge is -2.24. The maximum Gasteiger partial charge on any atom is 0.328 e. The van der Waals surface area contributed by atoms with E-state index in [2.05, 4.69) is 4.90 Å². The third-order valence-electron chi connectivity index (χ3n) is 2.69. The molecule has 0 aliphatic heterocycles. The fourth-order valence-corrected chi connectivity index (χ4v) is 1.91. The summed E-state index contributed by atoms with van der Waals surface area (Å²) in [5.74, 6) is -0.971. The van der Waals surface area contributed by atoms with Crippen LogP contribution in [0, 0.1) is 0 Å². The van der Waals surface area contributed by atoms with Gasteiger partial charge in [-0.05, 0) is 30.7 Å². The van der Waals surface area contributed by atoms with Crippen molar-refractivity contribution in [2.24, 2.45) is 0 Å². The summed E-state index contributed by atoms with van der Waals surface area (Å²) in [6, 6.07) is 5.39. The third kappa shape index (κ3) is 4.93. The normalized spacial score (nSPS) is 10.9. The van der Waals surface area contributed by atoms with Gasteiger partial charge < -0.3 is 14.7 Å². The molecule has 1 N–H and O–H groups in total. The maximum atomic E-state index is 10.6. The first-order chi connectivity index (χ1) is 9.08. The molecule has 0 saturated carbocycles. The van der Waals surface area contributed by atoms with Crippen LogP contribution in [0.1, 0.15) is 12.5 Å². The highest BCUT2D eigenvalue weighted by Gasteiger charge is 2.09.